The van der Waals surface area contributed by atoms with E-state index in [1.54, 1.807) is 18.3 Å². The lowest BCUT2D eigenvalue weighted by molar-refractivity contribution is -0.114. The zero-order chi connectivity index (χ0) is 31.5. The van der Waals surface area contributed by atoms with Gasteiger partial charge in [-0.15, -0.1) is 13.2 Å². The van der Waals surface area contributed by atoms with Crippen molar-refractivity contribution in [3.05, 3.63) is 71.3 Å². The van der Waals surface area contributed by atoms with E-state index in [9.17, 15) is 9.59 Å². The Labute approximate surface area is 258 Å². The molecule has 4 aliphatic rings. The molecular formula is C39H60O3. The van der Waals surface area contributed by atoms with E-state index in [2.05, 4.69) is 58.2 Å². The van der Waals surface area contributed by atoms with E-state index in [-0.39, 0.29) is 5.60 Å². The number of rotatable bonds is 5. The molecule has 0 saturated heterocycles. The van der Waals surface area contributed by atoms with Crippen LogP contribution in [0.1, 0.15) is 130 Å². The minimum Gasteiger partial charge on any atom is -0.379 e. The van der Waals surface area contributed by atoms with Crippen molar-refractivity contribution in [1.82, 2.24) is 0 Å². The van der Waals surface area contributed by atoms with E-state index in [0.29, 0.717) is 23.5 Å². The van der Waals surface area contributed by atoms with Crippen molar-refractivity contribution in [3.63, 3.8) is 0 Å². The van der Waals surface area contributed by atoms with Gasteiger partial charge in [0.2, 0.25) is 0 Å². The minimum atomic E-state index is 0.0417. The summed E-state index contributed by atoms with van der Waals surface area (Å²) in [7, 11) is 1.71. The molecule has 0 radical (unpaired) electrons. The molecule has 42 heavy (non-hydrogen) atoms. The monoisotopic (exact) mass is 576 g/mol. The van der Waals surface area contributed by atoms with E-state index in [0.717, 1.165) is 49.7 Å². The molecule has 0 spiro atoms. The number of aldehydes is 1. The van der Waals surface area contributed by atoms with Gasteiger partial charge in [-0.05, 0) is 117 Å². The van der Waals surface area contributed by atoms with Crippen LogP contribution in [0.15, 0.2) is 60.2 Å². The standard InChI is InChI=1S/C29H38O.C5H12O.C3H6O.C2H4/c1-4-6-22-12-16-27-25-14-11-21-17-23(30)13-15-24(21)28(25)26(18-29(22,27)3)20-9-7-19(5-2)8-10-20;1-5(2,3)6-4;1-2-3-4;1-2/h7-10,17,22,25-27H,4-6,11-16,18H2,1-3H3;1-4H3;3H,2H2,1H3;1-2H2. The number of carbonyl (C=O) groups excluding carboxylic acids is 2. The van der Waals surface area contributed by atoms with Crippen LogP contribution < -0.4 is 0 Å². The molecule has 1 aromatic carbocycles. The van der Waals surface area contributed by atoms with Crippen molar-refractivity contribution >= 4 is 12.1 Å². The van der Waals surface area contributed by atoms with Crippen molar-refractivity contribution in [2.24, 2.45) is 23.2 Å². The summed E-state index contributed by atoms with van der Waals surface area (Å²) < 4.78 is 4.94. The summed E-state index contributed by atoms with van der Waals surface area (Å²) in [5.74, 6) is 3.37. The minimum absolute atomic E-state index is 0.0417. The Bertz CT molecular complexity index is 1070. The summed E-state index contributed by atoms with van der Waals surface area (Å²) in [5.41, 5.74) is 8.22. The van der Waals surface area contributed by atoms with E-state index in [4.69, 9.17) is 4.74 Å². The smallest absolute Gasteiger partial charge is 0.156 e. The van der Waals surface area contributed by atoms with Gasteiger partial charge in [0.05, 0.1) is 5.60 Å². The molecule has 2 fully saturated rings. The molecule has 1 aromatic rings. The zero-order valence-corrected chi connectivity index (χ0v) is 28.2. The van der Waals surface area contributed by atoms with Crippen LogP contribution in [0.4, 0.5) is 0 Å². The molecule has 3 nitrogen and oxygen atoms in total. The van der Waals surface area contributed by atoms with Gasteiger partial charge < -0.3 is 9.53 Å². The maximum atomic E-state index is 12.1. The Kier molecular flexibility index (Phi) is 14.2. The third kappa shape index (κ3) is 8.65. The van der Waals surface area contributed by atoms with Crippen LogP contribution in [0.5, 0.6) is 0 Å². The van der Waals surface area contributed by atoms with Crippen LogP contribution in [0.3, 0.4) is 0 Å². The fourth-order valence-corrected chi connectivity index (χ4v) is 7.87. The molecule has 2 saturated carbocycles. The molecule has 0 bridgehead atoms. The second-order valence-corrected chi connectivity index (χ2v) is 13.6. The van der Waals surface area contributed by atoms with Gasteiger partial charge in [0.1, 0.15) is 6.29 Å². The molecule has 0 aromatic heterocycles. The predicted octanol–water partition coefficient (Wildman–Crippen LogP) is 10.4. The molecule has 0 aliphatic heterocycles. The summed E-state index contributed by atoms with van der Waals surface area (Å²) >= 11 is 0. The highest BCUT2D eigenvalue weighted by Crippen LogP contribution is 2.66. The molecule has 0 N–H and O–H groups in total. The van der Waals surface area contributed by atoms with Gasteiger partial charge >= 0.3 is 0 Å². The van der Waals surface area contributed by atoms with Gasteiger partial charge in [0, 0.05) is 25.9 Å². The second-order valence-electron chi connectivity index (χ2n) is 13.6. The Morgan fingerprint density at radius 3 is 2.14 bits per heavy atom. The quantitative estimate of drug-likeness (QED) is 0.259. The molecule has 0 heterocycles. The molecule has 0 amide bonds. The Balaban J connectivity index is 0.000000441. The summed E-state index contributed by atoms with van der Waals surface area (Å²) in [6, 6.07) is 9.55. The number of allylic oxidation sites excluding steroid dienone is 4. The van der Waals surface area contributed by atoms with Crippen LogP contribution in [-0.4, -0.2) is 24.8 Å². The molecule has 4 aliphatic carbocycles. The summed E-state index contributed by atoms with van der Waals surface area (Å²) in [5, 5.41) is 0. The number of fused-ring (bicyclic) bond motifs is 4. The van der Waals surface area contributed by atoms with Crippen molar-refractivity contribution < 1.29 is 14.3 Å². The SMILES string of the molecule is C=C.CCC=O.CCCC1CCC2C3CCC4=CC(=O)CCC4=C3C(c3ccc(CC)cc3)CC12C.COC(C)(C)C. The van der Waals surface area contributed by atoms with Gasteiger partial charge in [0.15, 0.2) is 5.78 Å². The summed E-state index contributed by atoms with van der Waals surface area (Å²) in [6.07, 6.45) is 15.6. The Morgan fingerprint density at radius 2 is 1.62 bits per heavy atom. The number of carbonyl (C=O) groups is 2. The van der Waals surface area contributed by atoms with Crippen molar-refractivity contribution in [3.8, 4) is 0 Å². The highest BCUT2D eigenvalue weighted by molar-refractivity contribution is 5.93. The predicted molar refractivity (Wildman–Crippen MR) is 179 cm³/mol. The lowest BCUT2D eigenvalue weighted by Crippen LogP contribution is -2.43. The zero-order valence-electron chi connectivity index (χ0n) is 28.2. The topological polar surface area (TPSA) is 43.4 Å². The van der Waals surface area contributed by atoms with Crippen LogP contribution >= 0.6 is 0 Å². The Morgan fingerprint density at radius 1 is 1.00 bits per heavy atom. The van der Waals surface area contributed by atoms with Gasteiger partial charge in [-0.25, -0.2) is 0 Å². The van der Waals surface area contributed by atoms with E-state index >= 15 is 0 Å². The first-order valence-corrected chi connectivity index (χ1v) is 16.6. The second kappa shape index (κ2) is 16.6. The molecule has 5 rings (SSSR count). The fraction of sp³-hybridized carbons (Fsp3) is 0.641. The highest BCUT2D eigenvalue weighted by Gasteiger charge is 2.56. The lowest BCUT2D eigenvalue weighted by atomic mass is 9.51. The van der Waals surface area contributed by atoms with Crippen LogP contribution in [0.25, 0.3) is 0 Å². The first kappa shape index (κ1) is 35.9. The molecule has 3 heteroatoms. The first-order valence-electron chi connectivity index (χ1n) is 16.6. The van der Waals surface area contributed by atoms with Crippen molar-refractivity contribution in [2.75, 3.05) is 7.11 Å². The van der Waals surface area contributed by atoms with Gasteiger partial charge in [-0.3, -0.25) is 4.79 Å². The van der Waals surface area contributed by atoms with Crippen LogP contribution in [0, 0.1) is 23.2 Å². The molecule has 234 valence electrons. The van der Waals surface area contributed by atoms with Gasteiger partial charge in [-0.2, -0.15) is 0 Å². The average molecular weight is 577 g/mol. The van der Waals surface area contributed by atoms with Gasteiger partial charge in [-0.1, -0.05) is 70.4 Å². The largest absolute Gasteiger partial charge is 0.379 e. The number of aryl methyl sites for hydroxylation is 1. The number of ether oxygens (including phenoxy) is 1. The van der Waals surface area contributed by atoms with E-state index in [1.807, 2.05) is 33.8 Å². The number of ketones is 1. The molecular weight excluding hydrogens is 516 g/mol. The Hall–Kier alpha value is -2.26. The number of benzene rings is 1. The maximum absolute atomic E-state index is 12.1. The summed E-state index contributed by atoms with van der Waals surface area (Å²) in [4.78, 5) is 21.3. The van der Waals surface area contributed by atoms with Crippen molar-refractivity contribution in [1.29, 1.82) is 0 Å². The number of hydrogen-bond acceptors (Lipinski definition) is 3. The average Bonchev–Trinajstić information content (AvgIpc) is 3.33. The third-order valence-electron chi connectivity index (χ3n) is 10.1. The maximum Gasteiger partial charge on any atom is 0.156 e. The molecule has 5 atom stereocenters. The van der Waals surface area contributed by atoms with Crippen LogP contribution in [0.2, 0.25) is 0 Å². The highest BCUT2D eigenvalue weighted by atomic mass is 16.5. The third-order valence-corrected chi connectivity index (χ3v) is 10.1. The van der Waals surface area contributed by atoms with E-state index < -0.39 is 0 Å². The lowest BCUT2D eigenvalue weighted by Gasteiger charge is -2.53. The summed E-state index contributed by atoms with van der Waals surface area (Å²) in [6.45, 7) is 21.1. The van der Waals surface area contributed by atoms with Gasteiger partial charge in [0.25, 0.3) is 0 Å². The fourth-order valence-electron chi connectivity index (χ4n) is 7.87. The normalized spacial score (nSPS) is 27.8. The first-order chi connectivity index (χ1) is 20.0. The molecule has 5 unspecified atom stereocenters. The number of hydrogen-bond donors (Lipinski definition) is 0. The van der Waals surface area contributed by atoms with Crippen LogP contribution in [-0.2, 0) is 20.7 Å². The van der Waals surface area contributed by atoms with E-state index in [1.165, 1.54) is 55.2 Å². The number of methoxy groups -OCH3 is 1. The van der Waals surface area contributed by atoms with Crippen molar-refractivity contribution in [2.45, 2.75) is 131 Å².